The number of non-ortho nitro benzene ring substituents is 1. The monoisotopic (exact) mass is 227 g/mol. The molecule has 14 heavy (non-hydrogen) atoms. The van der Waals surface area contributed by atoms with Gasteiger partial charge in [-0.2, -0.15) is 0 Å². The van der Waals surface area contributed by atoms with E-state index in [9.17, 15) is 10.1 Å². The molecule has 1 atom stereocenters. The molecule has 0 fully saturated rings. The summed E-state index contributed by atoms with van der Waals surface area (Å²) in [6, 6.07) is 4.58. The summed E-state index contributed by atoms with van der Waals surface area (Å²) in [4.78, 5) is 10.1. The van der Waals surface area contributed by atoms with Gasteiger partial charge in [-0.1, -0.05) is 12.2 Å². The molecule has 0 aliphatic carbocycles. The van der Waals surface area contributed by atoms with Crippen LogP contribution in [0.5, 0.6) is 0 Å². The number of hydrogen-bond donors (Lipinski definition) is 1. The van der Waals surface area contributed by atoms with E-state index < -0.39 is 4.92 Å². The SMILES string of the molecule is O=[N+]([O-])c1ccc2c(c1)c(=S)[nH]n2P. The van der Waals surface area contributed by atoms with Crippen LogP contribution in [-0.4, -0.2) is 14.5 Å². The maximum absolute atomic E-state index is 10.5. The molecule has 0 radical (unpaired) electrons. The first-order valence-electron chi connectivity index (χ1n) is 3.74. The van der Waals surface area contributed by atoms with Gasteiger partial charge in [-0.3, -0.25) is 19.7 Å². The lowest BCUT2D eigenvalue weighted by atomic mass is 10.2. The van der Waals surface area contributed by atoms with E-state index in [4.69, 9.17) is 12.2 Å². The molecule has 7 heteroatoms. The first-order chi connectivity index (χ1) is 6.59. The lowest BCUT2D eigenvalue weighted by Gasteiger charge is -1.93. The van der Waals surface area contributed by atoms with Crippen LogP contribution in [0, 0.1) is 14.8 Å². The first kappa shape index (κ1) is 9.30. The summed E-state index contributed by atoms with van der Waals surface area (Å²) in [5.41, 5.74) is 0.874. The predicted molar refractivity (Wildman–Crippen MR) is 58.9 cm³/mol. The highest BCUT2D eigenvalue weighted by atomic mass is 32.1. The van der Waals surface area contributed by atoms with Gasteiger partial charge in [-0.15, -0.1) is 0 Å². The van der Waals surface area contributed by atoms with Crippen LogP contribution in [0.2, 0.25) is 0 Å². The van der Waals surface area contributed by atoms with Crippen molar-refractivity contribution in [3.63, 3.8) is 0 Å². The van der Waals surface area contributed by atoms with Crippen molar-refractivity contribution < 1.29 is 4.92 Å². The van der Waals surface area contributed by atoms with E-state index in [0.29, 0.717) is 10.0 Å². The Hall–Kier alpha value is -1.26. The van der Waals surface area contributed by atoms with Crippen LogP contribution in [-0.2, 0) is 0 Å². The van der Waals surface area contributed by atoms with E-state index in [-0.39, 0.29) is 5.69 Å². The quantitative estimate of drug-likeness (QED) is 0.351. The molecule has 72 valence electrons. The zero-order valence-electron chi connectivity index (χ0n) is 6.93. The number of H-pyrrole nitrogens is 1. The normalized spacial score (nSPS) is 10.6. The van der Waals surface area contributed by atoms with E-state index in [2.05, 4.69) is 14.5 Å². The number of aromatic nitrogens is 2. The fourth-order valence-corrected chi connectivity index (χ4v) is 1.97. The fraction of sp³-hybridized carbons (Fsp3) is 0. The van der Waals surface area contributed by atoms with Crippen LogP contribution in [0.1, 0.15) is 0 Å². The molecule has 1 unspecified atom stereocenters. The van der Waals surface area contributed by atoms with Crippen molar-refractivity contribution in [2.75, 3.05) is 0 Å². The molecule has 1 heterocycles. The summed E-state index contributed by atoms with van der Waals surface area (Å²) in [7, 11) is 2.43. The van der Waals surface area contributed by atoms with E-state index in [1.807, 2.05) is 0 Å². The van der Waals surface area contributed by atoms with Crippen LogP contribution in [0.4, 0.5) is 5.69 Å². The van der Waals surface area contributed by atoms with Crippen LogP contribution >= 0.6 is 21.6 Å². The van der Waals surface area contributed by atoms with Crippen LogP contribution in [0.15, 0.2) is 18.2 Å². The third-order valence-electron chi connectivity index (χ3n) is 1.92. The average Bonchev–Trinajstić information content (AvgIpc) is 2.42. The Morgan fingerprint density at radius 1 is 1.57 bits per heavy atom. The minimum atomic E-state index is -0.436. The molecule has 0 bridgehead atoms. The highest BCUT2D eigenvalue weighted by molar-refractivity contribution is 7.71. The maximum atomic E-state index is 10.5. The van der Waals surface area contributed by atoms with Gasteiger partial charge in [0.05, 0.1) is 10.4 Å². The maximum Gasteiger partial charge on any atom is 0.270 e. The Kier molecular flexibility index (Phi) is 2.09. The second-order valence-electron chi connectivity index (χ2n) is 2.77. The van der Waals surface area contributed by atoms with Crippen molar-refractivity contribution in [1.82, 2.24) is 9.55 Å². The average molecular weight is 227 g/mol. The lowest BCUT2D eigenvalue weighted by Crippen LogP contribution is -1.87. The van der Waals surface area contributed by atoms with Crippen molar-refractivity contribution in [1.29, 1.82) is 0 Å². The standard InChI is InChI=1S/C7H6N3O2PS/c11-10(12)4-1-2-6-5(3-4)7(14)8-9(6)13/h1-3H,13H2,(H,8,14). The molecule has 5 nitrogen and oxygen atoms in total. The second kappa shape index (κ2) is 3.15. The number of nitrogens with zero attached hydrogens (tertiary/aromatic N) is 2. The Morgan fingerprint density at radius 2 is 2.29 bits per heavy atom. The molecular weight excluding hydrogens is 221 g/mol. The number of nitro groups is 1. The van der Waals surface area contributed by atoms with E-state index in [0.717, 1.165) is 5.52 Å². The molecule has 1 N–H and O–H groups in total. The lowest BCUT2D eigenvalue weighted by molar-refractivity contribution is -0.384. The number of aromatic amines is 1. The van der Waals surface area contributed by atoms with Gasteiger partial charge < -0.3 is 0 Å². The van der Waals surface area contributed by atoms with Crippen LogP contribution in [0.25, 0.3) is 10.9 Å². The summed E-state index contributed by atoms with van der Waals surface area (Å²) in [6.45, 7) is 0. The van der Waals surface area contributed by atoms with Gasteiger partial charge in [0, 0.05) is 17.5 Å². The number of nitro benzene ring substituents is 1. The van der Waals surface area contributed by atoms with Crippen LogP contribution in [0.3, 0.4) is 0 Å². The van der Waals surface area contributed by atoms with Gasteiger partial charge in [-0.25, -0.2) is 0 Å². The Labute approximate surface area is 86.1 Å². The summed E-state index contributed by atoms with van der Waals surface area (Å²) in [5, 5.41) is 14.0. The number of hydrogen-bond acceptors (Lipinski definition) is 3. The molecule has 0 aliphatic rings. The van der Waals surface area contributed by atoms with Gasteiger partial charge in [0.25, 0.3) is 5.69 Å². The summed E-state index contributed by atoms with van der Waals surface area (Å²) >= 11 is 5.01. The first-order valence-corrected chi connectivity index (χ1v) is 4.66. The van der Waals surface area contributed by atoms with Gasteiger partial charge in [0.2, 0.25) is 0 Å². The van der Waals surface area contributed by atoms with Gasteiger partial charge >= 0.3 is 0 Å². The van der Waals surface area contributed by atoms with Crippen LogP contribution < -0.4 is 0 Å². The Morgan fingerprint density at radius 3 is 2.93 bits per heavy atom. The third kappa shape index (κ3) is 1.32. The Balaban J connectivity index is 2.84. The van der Waals surface area contributed by atoms with Crippen molar-refractivity contribution >= 4 is 38.2 Å². The summed E-state index contributed by atoms with van der Waals surface area (Å²) in [5.74, 6) is 0. The zero-order valence-corrected chi connectivity index (χ0v) is 8.90. The van der Waals surface area contributed by atoms with Crippen molar-refractivity contribution in [2.45, 2.75) is 0 Å². The zero-order chi connectivity index (χ0) is 10.3. The minimum Gasteiger partial charge on any atom is -0.285 e. The second-order valence-corrected chi connectivity index (χ2v) is 3.69. The number of nitrogens with one attached hydrogen (secondary N) is 1. The highest BCUT2D eigenvalue weighted by Gasteiger charge is 2.08. The smallest absolute Gasteiger partial charge is 0.270 e. The van der Waals surface area contributed by atoms with E-state index in [1.165, 1.54) is 12.1 Å². The molecular formula is C7H6N3O2PS. The predicted octanol–water partition coefficient (Wildman–Crippen LogP) is 2.25. The van der Waals surface area contributed by atoms with Crippen molar-refractivity contribution in [3.8, 4) is 0 Å². The van der Waals surface area contributed by atoms with E-state index in [1.54, 1.807) is 10.5 Å². The third-order valence-corrected chi connectivity index (χ3v) is 2.64. The summed E-state index contributed by atoms with van der Waals surface area (Å²) in [6.07, 6.45) is 0. The number of rotatable bonds is 1. The molecule has 1 aromatic heterocycles. The molecule has 2 aromatic rings. The minimum absolute atomic E-state index is 0.0493. The number of fused-ring (bicyclic) bond motifs is 1. The summed E-state index contributed by atoms with van der Waals surface area (Å²) < 4.78 is 2.15. The van der Waals surface area contributed by atoms with Gasteiger partial charge in [0.15, 0.2) is 0 Å². The molecule has 0 saturated heterocycles. The van der Waals surface area contributed by atoms with Gasteiger partial charge in [-0.05, 0) is 15.5 Å². The fourth-order valence-electron chi connectivity index (χ4n) is 1.26. The molecule has 0 amide bonds. The molecule has 2 rings (SSSR count). The van der Waals surface area contributed by atoms with Gasteiger partial charge in [0.1, 0.15) is 4.64 Å². The molecule has 1 aromatic carbocycles. The molecule has 0 saturated carbocycles. The topological polar surface area (TPSA) is 63.9 Å². The number of benzene rings is 1. The molecule has 0 spiro atoms. The van der Waals surface area contributed by atoms with Crippen molar-refractivity contribution in [2.24, 2.45) is 0 Å². The molecule has 0 aliphatic heterocycles. The van der Waals surface area contributed by atoms with Crippen molar-refractivity contribution in [3.05, 3.63) is 33.0 Å². The van der Waals surface area contributed by atoms with E-state index >= 15 is 0 Å². The Bertz CT molecular complexity index is 574. The largest absolute Gasteiger partial charge is 0.285 e. The highest BCUT2D eigenvalue weighted by Crippen LogP contribution is 2.22.